The van der Waals surface area contributed by atoms with Crippen LogP contribution in [0.15, 0.2) is 70.0 Å². The molecule has 1 N–H and O–H groups in total. The summed E-state index contributed by atoms with van der Waals surface area (Å²) in [7, 11) is -1.24. The highest BCUT2D eigenvalue weighted by molar-refractivity contribution is 7.84. The van der Waals surface area contributed by atoms with Crippen LogP contribution in [-0.2, 0) is 23.1 Å². The van der Waals surface area contributed by atoms with E-state index in [-0.39, 0.29) is 29.8 Å². The van der Waals surface area contributed by atoms with Crippen LogP contribution in [0.4, 0.5) is 4.39 Å². The number of nitrogens with one attached hydrogen (secondary N) is 1. The predicted octanol–water partition coefficient (Wildman–Crippen LogP) is 3.96. The second kappa shape index (κ2) is 8.10. The van der Waals surface area contributed by atoms with Gasteiger partial charge in [-0.25, -0.2) is 4.39 Å². The van der Waals surface area contributed by atoms with E-state index in [0.717, 1.165) is 11.1 Å². The lowest BCUT2D eigenvalue weighted by Gasteiger charge is -2.04. The Bertz CT molecular complexity index is 917. The first kappa shape index (κ1) is 18.1. The number of rotatable bonds is 6. The molecule has 0 aliphatic carbocycles. The third kappa shape index (κ3) is 4.67. The van der Waals surface area contributed by atoms with E-state index < -0.39 is 10.8 Å². The average molecular weight is 371 g/mol. The summed E-state index contributed by atoms with van der Waals surface area (Å²) in [6, 6.07) is 16.6. The van der Waals surface area contributed by atoms with Crippen molar-refractivity contribution in [1.29, 1.82) is 0 Å². The van der Waals surface area contributed by atoms with Crippen LogP contribution in [0.3, 0.4) is 0 Å². The number of amides is 1. The van der Waals surface area contributed by atoms with E-state index in [0.29, 0.717) is 10.7 Å². The Morgan fingerprint density at radius 3 is 2.42 bits per heavy atom. The monoisotopic (exact) mass is 371 g/mol. The van der Waals surface area contributed by atoms with E-state index in [2.05, 4.69) is 5.32 Å². The van der Waals surface area contributed by atoms with E-state index in [9.17, 15) is 13.4 Å². The molecule has 26 heavy (non-hydrogen) atoms. The molecule has 0 radical (unpaired) electrons. The van der Waals surface area contributed by atoms with Crippen LogP contribution in [0.5, 0.6) is 0 Å². The van der Waals surface area contributed by atoms with Crippen LogP contribution in [0.2, 0.25) is 0 Å². The number of furan rings is 1. The van der Waals surface area contributed by atoms with Crippen molar-refractivity contribution in [2.75, 3.05) is 0 Å². The van der Waals surface area contributed by atoms with Gasteiger partial charge >= 0.3 is 0 Å². The lowest BCUT2D eigenvalue weighted by Crippen LogP contribution is -2.22. The Morgan fingerprint density at radius 1 is 1.04 bits per heavy atom. The summed E-state index contributed by atoms with van der Waals surface area (Å²) >= 11 is 0. The van der Waals surface area contributed by atoms with Crippen molar-refractivity contribution in [3.63, 3.8) is 0 Å². The van der Waals surface area contributed by atoms with Gasteiger partial charge in [0.05, 0.1) is 16.6 Å². The van der Waals surface area contributed by atoms with Crippen molar-refractivity contribution < 1.29 is 17.8 Å². The molecule has 0 spiro atoms. The number of benzene rings is 2. The minimum Gasteiger partial charge on any atom is -0.455 e. The average Bonchev–Trinajstić information content (AvgIpc) is 3.10. The maximum atomic E-state index is 12.9. The van der Waals surface area contributed by atoms with Gasteiger partial charge in [0, 0.05) is 11.4 Å². The molecule has 4 nitrogen and oxygen atoms in total. The quantitative estimate of drug-likeness (QED) is 0.713. The molecular formula is C20H18FNO3S. The van der Waals surface area contributed by atoms with Crippen LogP contribution in [0.25, 0.3) is 0 Å². The third-order valence-corrected chi connectivity index (χ3v) is 5.15. The van der Waals surface area contributed by atoms with Gasteiger partial charge in [-0.05, 0) is 48.9 Å². The maximum absolute atomic E-state index is 12.9. The van der Waals surface area contributed by atoms with Crippen LogP contribution in [0, 0.1) is 12.7 Å². The molecule has 1 atom stereocenters. The molecule has 1 heterocycles. The SMILES string of the molecule is Cc1ccc([S@](=O)Cc2ccc(C(=O)NCc3ccc(F)cc3)o2)cc1. The Hall–Kier alpha value is -2.73. The van der Waals surface area contributed by atoms with Crippen LogP contribution in [0.1, 0.15) is 27.4 Å². The fourth-order valence-electron chi connectivity index (χ4n) is 2.35. The molecule has 0 fully saturated rings. The molecule has 0 aliphatic heterocycles. The normalized spacial score (nSPS) is 11.9. The first-order chi connectivity index (χ1) is 12.5. The third-order valence-electron chi connectivity index (χ3n) is 3.81. The summed E-state index contributed by atoms with van der Waals surface area (Å²) in [5, 5.41) is 2.71. The van der Waals surface area contributed by atoms with Crippen LogP contribution < -0.4 is 5.32 Å². The molecule has 0 unspecified atom stereocenters. The maximum Gasteiger partial charge on any atom is 0.287 e. The molecule has 6 heteroatoms. The molecule has 1 amide bonds. The number of hydrogen-bond donors (Lipinski definition) is 1. The molecule has 0 aliphatic rings. The zero-order valence-corrected chi connectivity index (χ0v) is 15.0. The fourth-order valence-corrected chi connectivity index (χ4v) is 3.37. The van der Waals surface area contributed by atoms with E-state index in [1.807, 2.05) is 31.2 Å². The van der Waals surface area contributed by atoms with Crippen molar-refractivity contribution >= 4 is 16.7 Å². The first-order valence-corrected chi connectivity index (χ1v) is 9.39. The molecule has 3 aromatic rings. The summed E-state index contributed by atoms with van der Waals surface area (Å²) in [4.78, 5) is 12.9. The van der Waals surface area contributed by atoms with Crippen LogP contribution in [-0.4, -0.2) is 10.1 Å². The smallest absolute Gasteiger partial charge is 0.287 e. The molecule has 0 saturated heterocycles. The first-order valence-electron chi connectivity index (χ1n) is 8.07. The number of hydrogen-bond acceptors (Lipinski definition) is 3. The van der Waals surface area contributed by atoms with Gasteiger partial charge in [0.1, 0.15) is 11.6 Å². The predicted molar refractivity (Wildman–Crippen MR) is 97.6 cm³/mol. The molecule has 0 bridgehead atoms. The van der Waals surface area contributed by atoms with Crippen molar-refractivity contribution in [1.82, 2.24) is 5.32 Å². The fraction of sp³-hybridized carbons (Fsp3) is 0.150. The van der Waals surface area contributed by atoms with E-state index >= 15 is 0 Å². The van der Waals surface area contributed by atoms with E-state index in [1.165, 1.54) is 12.1 Å². The summed E-state index contributed by atoms with van der Waals surface area (Å²) in [6.45, 7) is 2.24. The van der Waals surface area contributed by atoms with E-state index in [4.69, 9.17) is 4.42 Å². The lowest BCUT2D eigenvalue weighted by atomic mass is 10.2. The topological polar surface area (TPSA) is 59.3 Å². The van der Waals surface area contributed by atoms with Gasteiger partial charge in [-0.3, -0.25) is 9.00 Å². The number of aryl methyl sites for hydroxylation is 1. The number of carbonyl (C=O) groups is 1. The highest BCUT2D eigenvalue weighted by Crippen LogP contribution is 2.16. The van der Waals surface area contributed by atoms with E-state index in [1.54, 1.807) is 24.3 Å². The summed E-state index contributed by atoms with van der Waals surface area (Å²) in [5.74, 6) is 0.145. The molecule has 3 rings (SSSR count). The van der Waals surface area contributed by atoms with Gasteiger partial charge in [-0.15, -0.1) is 0 Å². The minimum absolute atomic E-state index is 0.156. The Morgan fingerprint density at radius 2 is 1.73 bits per heavy atom. The number of halogens is 1. The van der Waals surface area contributed by atoms with Crippen molar-refractivity contribution in [3.05, 3.63) is 89.1 Å². The van der Waals surface area contributed by atoms with Gasteiger partial charge < -0.3 is 9.73 Å². The summed E-state index contributed by atoms with van der Waals surface area (Å²) < 4.78 is 30.7. The van der Waals surface area contributed by atoms with Gasteiger partial charge in [-0.2, -0.15) is 0 Å². The molecule has 134 valence electrons. The zero-order valence-electron chi connectivity index (χ0n) is 14.2. The molecule has 2 aromatic carbocycles. The van der Waals surface area contributed by atoms with Crippen molar-refractivity contribution in [3.8, 4) is 0 Å². The number of carbonyl (C=O) groups excluding carboxylic acids is 1. The Balaban J connectivity index is 1.58. The Kier molecular flexibility index (Phi) is 5.63. The van der Waals surface area contributed by atoms with Gasteiger partial charge in [0.2, 0.25) is 0 Å². The summed E-state index contributed by atoms with van der Waals surface area (Å²) in [6.07, 6.45) is 0. The van der Waals surface area contributed by atoms with Crippen LogP contribution >= 0.6 is 0 Å². The largest absolute Gasteiger partial charge is 0.455 e. The highest BCUT2D eigenvalue weighted by atomic mass is 32.2. The molecule has 1 aromatic heterocycles. The summed E-state index contributed by atoms with van der Waals surface area (Å²) in [5.41, 5.74) is 1.89. The standard InChI is InChI=1S/C20H18FNO3S/c1-14-2-9-18(10-3-14)26(24)13-17-8-11-19(25-17)20(23)22-12-15-4-6-16(21)7-5-15/h2-11H,12-13H2,1H3,(H,22,23)/t26-/m1/s1. The second-order valence-electron chi connectivity index (χ2n) is 5.88. The lowest BCUT2D eigenvalue weighted by molar-refractivity contribution is 0.0921. The zero-order chi connectivity index (χ0) is 18.5. The van der Waals surface area contributed by atoms with Gasteiger partial charge in [0.15, 0.2) is 5.76 Å². The second-order valence-corrected chi connectivity index (χ2v) is 7.33. The Labute approximate surface area is 153 Å². The molecular weight excluding hydrogens is 353 g/mol. The van der Waals surface area contributed by atoms with Gasteiger partial charge in [0.25, 0.3) is 5.91 Å². The van der Waals surface area contributed by atoms with Gasteiger partial charge in [-0.1, -0.05) is 29.8 Å². The van der Waals surface area contributed by atoms with Crippen molar-refractivity contribution in [2.24, 2.45) is 0 Å². The minimum atomic E-state index is -1.24. The van der Waals surface area contributed by atoms with Crippen molar-refractivity contribution in [2.45, 2.75) is 24.1 Å². The molecule has 0 saturated carbocycles. The highest BCUT2D eigenvalue weighted by Gasteiger charge is 2.13.